The molecule has 0 radical (unpaired) electrons. The van der Waals surface area contributed by atoms with Crippen LogP contribution >= 0.6 is 34.8 Å². The van der Waals surface area contributed by atoms with Gasteiger partial charge in [0.15, 0.2) is 5.82 Å². The molecular weight excluding hydrogens is 333 g/mol. The van der Waals surface area contributed by atoms with Crippen molar-refractivity contribution >= 4 is 40.5 Å². The van der Waals surface area contributed by atoms with Gasteiger partial charge in [-0.2, -0.15) is 4.68 Å². The van der Waals surface area contributed by atoms with E-state index in [0.29, 0.717) is 32.3 Å². The Morgan fingerprint density at radius 3 is 2.33 bits per heavy atom. The van der Waals surface area contributed by atoms with Crippen molar-refractivity contribution in [3.63, 3.8) is 0 Å². The van der Waals surface area contributed by atoms with Crippen LogP contribution in [-0.2, 0) is 0 Å². The van der Waals surface area contributed by atoms with Crippen LogP contribution in [0.2, 0.25) is 15.1 Å². The number of nitrogens with zero attached hydrogens (tertiary/aromatic N) is 4. The van der Waals surface area contributed by atoms with Crippen molar-refractivity contribution in [2.45, 2.75) is 0 Å². The maximum Gasteiger partial charge on any atom is 0.187 e. The van der Waals surface area contributed by atoms with Gasteiger partial charge in [0.25, 0.3) is 0 Å². The van der Waals surface area contributed by atoms with Crippen LogP contribution in [0.25, 0.3) is 17.1 Å². The first kappa shape index (κ1) is 14.1. The van der Waals surface area contributed by atoms with Crippen molar-refractivity contribution in [3.05, 3.63) is 51.5 Å². The third-order valence-corrected chi connectivity index (χ3v) is 3.60. The minimum atomic E-state index is 0.452. The van der Waals surface area contributed by atoms with Crippen molar-refractivity contribution in [2.75, 3.05) is 5.73 Å². The van der Waals surface area contributed by atoms with Crippen molar-refractivity contribution in [1.82, 2.24) is 20.2 Å². The summed E-state index contributed by atoms with van der Waals surface area (Å²) in [4.78, 5) is 0. The van der Waals surface area contributed by atoms with Gasteiger partial charge < -0.3 is 5.73 Å². The maximum absolute atomic E-state index is 6.01. The molecule has 8 heteroatoms. The zero-order chi connectivity index (χ0) is 15.0. The predicted octanol–water partition coefficient (Wildman–Crippen LogP) is 3.87. The lowest BCUT2D eigenvalue weighted by molar-refractivity contribution is 0.791. The summed E-state index contributed by atoms with van der Waals surface area (Å²) < 4.78 is 1.53. The Hall–Kier alpha value is -1.82. The molecule has 3 aromatic rings. The highest BCUT2D eigenvalue weighted by Gasteiger charge is 2.13. The maximum atomic E-state index is 6.01. The monoisotopic (exact) mass is 339 g/mol. The van der Waals surface area contributed by atoms with E-state index in [0.717, 1.165) is 5.56 Å². The van der Waals surface area contributed by atoms with Gasteiger partial charge in [-0.3, -0.25) is 0 Å². The van der Waals surface area contributed by atoms with Crippen LogP contribution in [0.3, 0.4) is 0 Å². The van der Waals surface area contributed by atoms with Crippen molar-refractivity contribution in [2.24, 2.45) is 0 Å². The average molecular weight is 341 g/mol. The van der Waals surface area contributed by atoms with Gasteiger partial charge in [-0.05, 0) is 46.8 Å². The molecule has 0 unspecified atom stereocenters. The SMILES string of the molecule is Nc1cc(-c2nnnn2-c2cc(Cl)cc(Cl)c2)ccc1Cl. The molecule has 1 heterocycles. The highest BCUT2D eigenvalue weighted by atomic mass is 35.5. The summed E-state index contributed by atoms with van der Waals surface area (Å²) in [6.45, 7) is 0. The first-order chi connectivity index (χ1) is 10.0. The van der Waals surface area contributed by atoms with Gasteiger partial charge in [0, 0.05) is 15.6 Å². The number of tetrazole rings is 1. The number of nitrogens with two attached hydrogens (primary N) is 1. The number of hydrogen-bond acceptors (Lipinski definition) is 4. The second kappa shape index (κ2) is 5.52. The topological polar surface area (TPSA) is 69.6 Å². The van der Waals surface area contributed by atoms with Gasteiger partial charge in [0.05, 0.1) is 16.4 Å². The Balaban J connectivity index is 2.14. The number of benzene rings is 2. The minimum absolute atomic E-state index is 0.452. The molecule has 0 aliphatic carbocycles. The number of aromatic nitrogens is 4. The number of nitrogen functional groups attached to an aromatic ring is 1. The van der Waals surface area contributed by atoms with Crippen LogP contribution in [0.1, 0.15) is 0 Å². The second-order valence-corrected chi connectivity index (χ2v) is 5.56. The highest BCUT2D eigenvalue weighted by Crippen LogP contribution is 2.28. The number of rotatable bonds is 2. The fourth-order valence-electron chi connectivity index (χ4n) is 1.89. The van der Waals surface area contributed by atoms with Crippen LogP contribution in [0.15, 0.2) is 36.4 Å². The molecule has 0 aliphatic rings. The third-order valence-electron chi connectivity index (χ3n) is 2.82. The molecule has 0 saturated carbocycles. The summed E-state index contributed by atoms with van der Waals surface area (Å²) >= 11 is 17.9. The van der Waals surface area contributed by atoms with E-state index in [9.17, 15) is 0 Å². The van der Waals surface area contributed by atoms with E-state index in [1.54, 1.807) is 36.4 Å². The van der Waals surface area contributed by atoms with Crippen LogP contribution in [0.4, 0.5) is 5.69 Å². The van der Waals surface area contributed by atoms with Gasteiger partial charge in [-0.25, -0.2) is 0 Å². The van der Waals surface area contributed by atoms with Crippen molar-refractivity contribution in [3.8, 4) is 17.1 Å². The van der Waals surface area contributed by atoms with Crippen LogP contribution in [0.5, 0.6) is 0 Å². The summed E-state index contributed by atoms with van der Waals surface area (Å²) in [7, 11) is 0. The molecule has 1 aromatic heterocycles. The zero-order valence-electron chi connectivity index (χ0n) is 10.5. The van der Waals surface area contributed by atoms with Crippen molar-refractivity contribution in [1.29, 1.82) is 0 Å². The summed E-state index contributed by atoms with van der Waals surface area (Å²) in [5, 5.41) is 13.1. The van der Waals surface area contributed by atoms with E-state index in [1.165, 1.54) is 4.68 Å². The van der Waals surface area contributed by atoms with E-state index in [2.05, 4.69) is 15.5 Å². The largest absolute Gasteiger partial charge is 0.398 e. The number of hydrogen-bond donors (Lipinski definition) is 1. The molecule has 0 spiro atoms. The number of halogens is 3. The summed E-state index contributed by atoms with van der Waals surface area (Å²) in [5.74, 6) is 0.511. The van der Waals surface area contributed by atoms with Crippen LogP contribution in [0, 0.1) is 0 Å². The molecule has 0 amide bonds. The van der Waals surface area contributed by atoms with Gasteiger partial charge in [-0.15, -0.1) is 5.10 Å². The lowest BCUT2D eigenvalue weighted by atomic mass is 10.2. The number of anilines is 1. The molecule has 3 rings (SSSR count). The fourth-order valence-corrected chi connectivity index (χ4v) is 2.52. The molecule has 0 bridgehead atoms. The van der Waals surface area contributed by atoms with Crippen molar-refractivity contribution < 1.29 is 0 Å². The van der Waals surface area contributed by atoms with Crippen LogP contribution in [-0.4, -0.2) is 20.2 Å². The Morgan fingerprint density at radius 2 is 1.67 bits per heavy atom. The lowest BCUT2D eigenvalue weighted by Crippen LogP contribution is -2.00. The smallest absolute Gasteiger partial charge is 0.187 e. The lowest BCUT2D eigenvalue weighted by Gasteiger charge is -2.07. The summed E-state index contributed by atoms with van der Waals surface area (Å²) in [6.07, 6.45) is 0. The van der Waals surface area contributed by atoms with E-state index < -0.39 is 0 Å². The molecule has 21 heavy (non-hydrogen) atoms. The summed E-state index contributed by atoms with van der Waals surface area (Å²) in [5.41, 5.74) is 7.65. The Kier molecular flexibility index (Phi) is 3.71. The first-order valence-corrected chi connectivity index (χ1v) is 6.98. The van der Waals surface area contributed by atoms with Gasteiger partial charge in [0.2, 0.25) is 0 Å². The van der Waals surface area contributed by atoms with Gasteiger partial charge in [-0.1, -0.05) is 34.8 Å². The van der Waals surface area contributed by atoms with Gasteiger partial charge >= 0.3 is 0 Å². The molecule has 0 fully saturated rings. The zero-order valence-corrected chi connectivity index (χ0v) is 12.7. The predicted molar refractivity (Wildman–Crippen MR) is 84.0 cm³/mol. The quantitative estimate of drug-likeness (QED) is 0.719. The average Bonchev–Trinajstić information content (AvgIpc) is 2.90. The molecule has 2 N–H and O–H groups in total. The van der Waals surface area contributed by atoms with E-state index in [1.807, 2.05) is 0 Å². The van der Waals surface area contributed by atoms with E-state index >= 15 is 0 Å². The summed E-state index contributed by atoms with van der Waals surface area (Å²) in [6, 6.07) is 10.2. The van der Waals surface area contributed by atoms with Gasteiger partial charge in [0.1, 0.15) is 0 Å². The molecule has 0 saturated heterocycles. The Morgan fingerprint density at radius 1 is 0.952 bits per heavy atom. The normalized spacial score (nSPS) is 10.8. The van der Waals surface area contributed by atoms with E-state index in [4.69, 9.17) is 40.5 Å². The highest BCUT2D eigenvalue weighted by molar-refractivity contribution is 6.35. The third kappa shape index (κ3) is 2.81. The standard InChI is InChI=1S/C13H8Cl3N5/c14-8-4-9(15)6-10(5-8)21-13(18-19-20-21)7-1-2-11(16)12(17)3-7/h1-6H,17H2. The Labute approximate surface area is 135 Å². The molecule has 5 nitrogen and oxygen atoms in total. The minimum Gasteiger partial charge on any atom is -0.398 e. The molecule has 106 valence electrons. The molecule has 0 aliphatic heterocycles. The second-order valence-electron chi connectivity index (χ2n) is 4.28. The van der Waals surface area contributed by atoms with Crippen LogP contribution < -0.4 is 5.73 Å². The first-order valence-electron chi connectivity index (χ1n) is 5.85. The molecule has 2 aromatic carbocycles. The molecular formula is C13H8Cl3N5. The fraction of sp³-hybridized carbons (Fsp3) is 0. The Bertz CT molecular complexity index is 795. The molecule has 0 atom stereocenters. The van der Waals surface area contributed by atoms with E-state index in [-0.39, 0.29) is 0 Å².